The van der Waals surface area contributed by atoms with Gasteiger partial charge in [0.05, 0.1) is 12.2 Å². The van der Waals surface area contributed by atoms with Crippen molar-refractivity contribution in [3.63, 3.8) is 0 Å². The van der Waals surface area contributed by atoms with E-state index in [1.165, 1.54) is 12.8 Å². The Hall–Kier alpha value is -1.30. The summed E-state index contributed by atoms with van der Waals surface area (Å²) in [6, 6.07) is 1.86. The first-order chi connectivity index (χ1) is 10.2. The second-order valence-electron chi connectivity index (χ2n) is 5.27. The van der Waals surface area contributed by atoms with E-state index in [2.05, 4.69) is 22.2 Å². The van der Waals surface area contributed by atoms with Gasteiger partial charge in [0.1, 0.15) is 5.82 Å². The SMILES string of the molecule is CCS[C@@H]1CCCCN(C(=O)NCc2ccnc(C)n2)C1. The average molecular weight is 308 g/mol. The van der Waals surface area contributed by atoms with Crippen molar-refractivity contribution in [2.45, 2.75) is 44.9 Å². The van der Waals surface area contributed by atoms with Crippen LogP contribution in [0.25, 0.3) is 0 Å². The molecule has 1 aromatic rings. The number of amides is 2. The van der Waals surface area contributed by atoms with Crippen LogP contribution in [0.5, 0.6) is 0 Å². The lowest BCUT2D eigenvalue weighted by atomic mass is 10.2. The number of urea groups is 1. The smallest absolute Gasteiger partial charge is 0.317 e. The van der Waals surface area contributed by atoms with E-state index in [0.717, 1.165) is 36.8 Å². The van der Waals surface area contributed by atoms with Crippen LogP contribution in [0, 0.1) is 6.92 Å². The highest BCUT2D eigenvalue weighted by molar-refractivity contribution is 7.99. The fourth-order valence-electron chi connectivity index (χ4n) is 2.54. The second-order valence-corrected chi connectivity index (χ2v) is 6.85. The molecule has 0 radical (unpaired) electrons. The first-order valence-corrected chi connectivity index (χ1v) is 8.67. The van der Waals surface area contributed by atoms with Crippen LogP contribution < -0.4 is 5.32 Å². The normalized spacial score (nSPS) is 19.1. The standard InChI is InChI=1S/C15H24N4OS/c1-3-21-14-6-4-5-9-19(11-14)15(20)17-10-13-7-8-16-12(2)18-13/h7-8,14H,3-6,9-11H2,1-2H3,(H,17,20)/t14-/m1/s1. The fraction of sp³-hybridized carbons (Fsp3) is 0.667. The maximum atomic E-state index is 12.3. The molecule has 0 spiro atoms. The molecule has 0 aromatic carbocycles. The van der Waals surface area contributed by atoms with Crippen LogP contribution in [0.2, 0.25) is 0 Å². The highest BCUT2D eigenvalue weighted by atomic mass is 32.2. The summed E-state index contributed by atoms with van der Waals surface area (Å²) in [5, 5.41) is 3.55. The summed E-state index contributed by atoms with van der Waals surface area (Å²) in [7, 11) is 0. The van der Waals surface area contributed by atoms with Gasteiger partial charge in [-0.05, 0) is 31.6 Å². The van der Waals surface area contributed by atoms with E-state index in [-0.39, 0.29) is 6.03 Å². The Kier molecular flexibility index (Phi) is 6.29. The van der Waals surface area contributed by atoms with E-state index in [1.807, 2.05) is 29.7 Å². The van der Waals surface area contributed by atoms with Crippen molar-refractivity contribution >= 4 is 17.8 Å². The monoisotopic (exact) mass is 308 g/mol. The summed E-state index contributed by atoms with van der Waals surface area (Å²) >= 11 is 1.96. The number of rotatable bonds is 4. The highest BCUT2D eigenvalue weighted by Gasteiger charge is 2.21. The lowest BCUT2D eigenvalue weighted by Crippen LogP contribution is -2.42. The van der Waals surface area contributed by atoms with Gasteiger partial charge < -0.3 is 10.2 Å². The molecule has 5 nitrogen and oxygen atoms in total. The number of nitrogens with one attached hydrogen (secondary N) is 1. The summed E-state index contributed by atoms with van der Waals surface area (Å²) in [4.78, 5) is 22.6. The van der Waals surface area contributed by atoms with Gasteiger partial charge in [-0.1, -0.05) is 13.3 Å². The minimum atomic E-state index is 0.0230. The number of carbonyl (C=O) groups excluding carboxylic acids is 1. The van der Waals surface area contributed by atoms with Crippen LogP contribution >= 0.6 is 11.8 Å². The number of carbonyl (C=O) groups is 1. The third-order valence-corrected chi connectivity index (χ3v) is 4.76. The summed E-state index contributed by atoms with van der Waals surface area (Å²) in [6.07, 6.45) is 5.25. The third kappa shape index (κ3) is 5.19. The van der Waals surface area contributed by atoms with Crippen LogP contribution in [0.4, 0.5) is 4.79 Å². The molecule has 21 heavy (non-hydrogen) atoms. The fourth-order valence-corrected chi connectivity index (χ4v) is 3.63. The zero-order chi connectivity index (χ0) is 15.1. The molecular weight excluding hydrogens is 284 g/mol. The number of aromatic nitrogens is 2. The minimum absolute atomic E-state index is 0.0230. The van der Waals surface area contributed by atoms with E-state index in [1.54, 1.807) is 6.20 Å². The van der Waals surface area contributed by atoms with Gasteiger partial charge in [-0.15, -0.1) is 0 Å². The molecule has 1 atom stereocenters. The zero-order valence-corrected chi connectivity index (χ0v) is 13.7. The lowest BCUT2D eigenvalue weighted by molar-refractivity contribution is 0.200. The van der Waals surface area contributed by atoms with Crippen molar-refractivity contribution < 1.29 is 4.79 Å². The second kappa shape index (κ2) is 8.22. The Morgan fingerprint density at radius 3 is 3.14 bits per heavy atom. The Balaban J connectivity index is 1.86. The molecule has 1 N–H and O–H groups in total. The summed E-state index contributed by atoms with van der Waals surface area (Å²) in [5.41, 5.74) is 0.852. The summed E-state index contributed by atoms with van der Waals surface area (Å²) in [5.74, 6) is 1.84. The van der Waals surface area contributed by atoms with Crippen LogP contribution in [0.3, 0.4) is 0 Å². The Morgan fingerprint density at radius 2 is 2.38 bits per heavy atom. The van der Waals surface area contributed by atoms with Gasteiger partial charge in [0.2, 0.25) is 0 Å². The number of nitrogens with zero attached hydrogens (tertiary/aromatic N) is 3. The van der Waals surface area contributed by atoms with Gasteiger partial charge >= 0.3 is 6.03 Å². The quantitative estimate of drug-likeness (QED) is 0.929. The van der Waals surface area contributed by atoms with Gasteiger partial charge in [-0.2, -0.15) is 11.8 Å². The van der Waals surface area contributed by atoms with E-state index in [9.17, 15) is 4.79 Å². The van der Waals surface area contributed by atoms with Crippen molar-refractivity contribution in [1.29, 1.82) is 0 Å². The number of hydrogen-bond acceptors (Lipinski definition) is 4. The third-order valence-electron chi connectivity index (χ3n) is 3.57. The lowest BCUT2D eigenvalue weighted by Gasteiger charge is -2.24. The molecule has 0 saturated carbocycles. The van der Waals surface area contributed by atoms with Gasteiger partial charge in [-0.3, -0.25) is 0 Å². The van der Waals surface area contributed by atoms with Crippen molar-refractivity contribution in [3.8, 4) is 0 Å². The summed E-state index contributed by atoms with van der Waals surface area (Å²) in [6.45, 7) is 6.21. The summed E-state index contributed by atoms with van der Waals surface area (Å²) < 4.78 is 0. The number of aryl methyl sites for hydroxylation is 1. The maximum Gasteiger partial charge on any atom is 0.317 e. The molecule has 0 bridgehead atoms. The number of likely N-dealkylation sites (tertiary alicyclic amines) is 1. The molecule has 116 valence electrons. The molecule has 2 rings (SSSR count). The molecule has 1 fully saturated rings. The molecule has 1 saturated heterocycles. The van der Waals surface area contributed by atoms with Gasteiger partial charge in [0.15, 0.2) is 0 Å². The van der Waals surface area contributed by atoms with Crippen LogP contribution in [-0.2, 0) is 6.54 Å². The van der Waals surface area contributed by atoms with Gasteiger partial charge in [0, 0.05) is 24.5 Å². The molecule has 2 heterocycles. The first kappa shape index (κ1) is 16.1. The van der Waals surface area contributed by atoms with E-state index >= 15 is 0 Å². The topological polar surface area (TPSA) is 58.1 Å². The minimum Gasteiger partial charge on any atom is -0.332 e. The molecule has 1 aromatic heterocycles. The molecule has 2 amide bonds. The predicted octanol–water partition coefficient (Wildman–Crippen LogP) is 2.60. The molecule has 1 aliphatic heterocycles. The van der Waals surface area contributed by atoms with Crippen LogP contribution in [-0.4, -0.2) is 45.0 Å². The Labute approximate surface area is 130 Å². The molecule has 0 unspecified atom stereocenters. The molecule has 6 heteroatoms. The van der Waals surface area contributed by atoms with E-state index < -0.39 is 0 Å². The largest absolute Gasteiger partial charge is 0.332 e. The van der Waals surface area contributed by atoms with Crippen molar-refractivity contribution in [2.75, 3.05) is 18.8 Å². The maximum absolute atomic E-state index is 12.3. The van der Waals surface area contributed by atoms with Crippen molar-refractivity contribution in [3.05, 3.63) is 23.8 Å². The zero-order valence-electron chi connectivity index (χ0n) is 12.8. The highest BCUT2D eigenvalue weighted by Crippen LogP contribution is 2.21. The Morgan fingerprint density at radius 1 is 1.52 bits per heavy atom. The van der Waals surface area contributed by atoms with Crippen LogP contribution in [0.15, 0.2) is 12.3 Å². The van der Waals surface area contributed by atoms with Gasteiger partial charge in [-0.25, -0.2) is 14.8 Å². The molecular formula is C15H24N4OS. The molecule has 0 aliphatic carbocycles. The predicted molar refractivity (Wildman–Crippen MR) is 86.3 cm³/mol. The Bertz CT molecular complexity index is 469. The van der Waals surface area contributed by atoms with Crippen molar-refractivity contribution in [2.24, 2.45) is 0 Å². The molecule has 1 aliphatic rings. The van der Waals surface area contributed by atoms with E-state index in [4.69, 9.17) is 0 Å². The van der Waals surface area contributed by atoms with Crippen LogP contribution in [0.1, 0.15) is 37.7 Å². The number of thioether (sulfide) groups is 1. The average Bonchev–Trinajstić information content (AvgIpc) is 2.71. The van der Waals surface area contributed by atoms with Crippen molar-refractivity contribution in [1.82, 2.24) is 20.2 Å². The first-order valence-electron chi connectivity index (χ1n) is 7.62. The van der Waals surface area contributed by atoms with Gasteiger partial charge in [0.25, 0.3) is 0 Å². The number of hydrogen-bond donors (Lipinski definition) is 1. The van der Waals surface area contributed by atoms with E-state index in [0.29, 0.717) is 11.8 Å².